The van der Waals surface area contributed by atoms with Crippen molar-refractivity contribution >= 4 is 5.91 Å². The molecule has 5 nitrogen and oxygen atoms in total. The summed E-state index contributed by atoms with van der Waals surface area (Å²) in [5.41, 5.74) is -1.01. The number of halogens is 3. The van der Waals surface area contributed by atoms with Gasteiger partial charge in [-0.2, -0.15) is 18.3 Å². The topological polar surface area (TPSA) is 58.4 Å². The minimum atomic E-state index is -4.50. The molecule has 0 aromatic carbocycles. The Bertz CT molecular complexity index is 454. The molecule has 1 aliphatic carbocycles. The molecule has 1 fully saturated rings. The van der Waals surface area contributed by atoms with Gasteiger partial charge in [0.05, 0.1) is 6.61 Å². The first-order valence-electron chi connectivity index (χ1n) is 5.93. The number of alkyl halides is 3. The van der Waals surface area contributed by atoms with Crippen LogP contribution in [0.1, 0.15) is 18.5 Å². The van der Waals surface area contributed by atoms with Crippen molar-refractivity contribution in [2.24, 2.45) is 0 Å². The minimum absolute atomic E-state index is 0.109. The Morgan fingerprint density at radius 2 is 2.21 bits per heavy atom. The number of carbonyl (C=O) groups excluding carboxylic acids is 1. The van der Waals surface area contributed by atoms with Crippen LogP contribution in [0, 0.1) is 0 Å². The van der Waals surface area contributed by atoms with Gasteiger partial charge in [0.1, 0.15) is 6.54 Å². The van der Waals surface area contributed by atoms with Crippen molar-refractivity contribution in [3.05, 3.63) is 18.0 Å². The van der Waals surface area contributed by atoms with Crippen LogP contribution in [0.3, 0.4) is 0 Å². The van der Waals surface area contributed by atoms with Gasteiger partial charge in [0.2, 0.25) is 5.91 Å². The van der Waals surface area contributed by atoms with E-state index in [0.29, 0.717) is 0 Å². The second-order valence-electron chi connectivity index (χ2n) is 4.44. The van der Waals surface area contributed by atoms with Crippen molar-refractivity contribution in [2.75, 3.05) is 13.2 Å². The number of hydrogen-bond acceptors (Lipinski definition) is 3. The summed E-state index contributed by atoms with van der Waals surface area (Å²) in [5, 5.41) is 12.2. The van der Waals surface area contributed by atoms with E-state index >= 15 is 0 Å². The van der Waals surface area contributed by atoms with Crippen LogP contribution in [0.2, 0.25) is 0 Å². The molecular weight excluding hydrogens is 263 g/mol. The fourth-order valence-corrected chi connectivity index (χ4v) is 1.84. The van der Waals surface area contributed by atoms with Crippen molar-refractivity contribution < 1.29 is 23.1 Å². The van der Waals surface area contributed by atoms with Gasteiger partial charge in [0.15, 0.2) is 5.69 Å². The lowest BCUT2D eigenvalue weighted by Crippen LogP contribution is -2.37. The summed E-state index contributed by atoms with van der Waals surface area (Å²) < 4.78 is 38.0. The van der Waals surface area contributed by atoms with Gasteiger partial charge in [0, 0.05) is 18.8 Å². The fourth-order valence-electron chi connectivity index (χ4n) is 1.84. The number of aliphatic hydroxyl groups excluding tert-OH is 1. The van der Waals surface area contributed by atoms with Crippen molar-refractivity contribution in [2.45, 2.75) is 31.6 Å². The van der Waals surface area contributed by atoms with E-state index in [1.807, 2.05) is 0 Å². The van der Waals surface area contributed by atoms with Gasteiger partial charge in [-0.15, -0.1) is 0 Å². The molecule has 0 atom stereocenters. The van der Waals surface area contributed by atoms with E-state index < -0.39 is 11.9 Å². The van der Waals surface area contributed by atoms with Crippen LogP contribution in [0.4, 0.5) is 13.2 Å². The number of rotatable bonds is 5. The molecule has 19 heavy (non-hydrogen) atoms. The number of carbonyl (C=O) groups is 1. The normalized spacial score (nSPS) is 15.6. The molecule has 0 unspecified atom stereocenters. The summed E-state index contributed by atoms with van der Waals surface area (Å²) in [5.74, 6) is -0.326. The molecule has 0 aliphatic heterocycles. The maximum absolute atomic E-state index is 12.4. The van der Waals surface area contributed by atoms with Crippen LogP contribution in [0.5, 0.6) is 0 Å². The van der Waals surface area contributed by atoms with Crippen LogP contribution in [-0.4, -0.2) is 44.9 Å². The van der Waals surface area contributed by atoms with E-state index in [0.717, 1.165) is 29.8 Å². The second-order valence-corrected chi connectivity index (χ2v) is 4.44. The average molecular weight is 277 g/mol. The Hall–Kier alpha value is -1.57. The number of hydrogen-bond donors (Lipinski definition) is 1. The first-order chi connectivity index (χ1) is 8.91. The van der Waals surface area contributed by atoms with E-state index in [2.05, 4.69) is 5.10 Å². The summed E-state index contributed by atoms with van der Waals surface area (Å²) in [6.07, 6.45) is -1.63. The molecule has 8 heteroatoms. The molecular formula is C11H14F3N3O2. The largest absolute Gasteiger partial charge is 0.435 e. The molecule has 1 aliphatic rings. The third kappa shape index (κ3) is 3.46. The SMILES string of the molecule is O=C(Cn1ccc(C(F)(F)F)n1)N(CCO)C1CC1. The zero-order chi connectivity index (χ0) is 14.0. The summed E-state index contributed by atoms with van der Waals surface area (Å²) in [4.78, 5) is 13.4. The zero-order valence-electron chi connectivity index (χ0n) is 10.1. The van der Waals surface area contributed by atoms with E-state index in [9.17, 15) is 18.0 Å². The Morgan fingerprint density at radius 1 is 1.53 bits per heavy atom. The molecule has 0 bridgehead atoms. The predicted molar refractivity (Wildman–Crippen MR) is 59.0 cm³/mol. The third-order valence-electron chi connectivity index (χ3n) is 2.88. The Kier molecular flexibility index (Phi) is 3.79. The quantitative estimate of drug-likeness (QED) is 0.869. The number of aliphatic hydroxyl groups is 1. The molecule has 1 aromatic rings. The molecule has 0 saturated heterocycles. The summed E-state index contributed by atoms with van der Waals surface area (Å²) in [7, 11) is 0. The van der Waals surface area contributed by atoms with Crippen LogP contribution in [0.25, 0.3) is 0 Å². The van der Waals surface area contributed by atoms with Gasteiger partial charge in [-0.05, 0) is 18.9 Å². The van der Waals surface area contributed by atoms with Crippen LogP contribution in [-0.2, 0) is 17.5 Å². The van der Waals surface area contributed by atoms with E-state index in [-0.39, 0.29) is 31.6 Å². The van der Waals surface area contributed by atoms with Crippen LogP contribution in [0.15, 0.2) is 12.3 Å². The first-order valence-corrected chi connectivity index (χ1v) is 5.93. The summed E-state index contributed by atoms with van der Waals surface area (Å²) in [6, 6.07) is 0.943. The monoisotopic (exact) mass is 277 g/mol. The van der Waals surface area contributed by atoms with Crippen molar-refractivity contribution in [3.8, 4) is 0 Å². The molecule has 1 saturated carbocycles. The second kappa shape index (κ2) is 5.20. The summed E-state index contributed by atoms with van der Waals surface area (Å²) >= 11 is 0. The van der Waals surface area contributed by atoms with Gasteiger partial charge in [-0.25, -0.2) is 0 Å². The van der Waals surface area contributed by atoms with Gasteiger partial charge >= 0.3 is 6.18 Å². The molecule has 1 N–H and O–H groups in total. The number of nitrogens with zero attached hydrogens (tertiary/aromatic N) is 3. The highest BCUT2D eigenvalue weighted by molar-refractivity contribution is 5.76. The Morgan fingerprint density at radius 3 is 2.68 bits per heavy atom. The van der Waals surface area contributed by atoms with Gasteiger partial charge < -0.3 is 10.0 Å². The molecule has 0 radical (unpaired) electrons. The molecule has 0 spiro atoms. The minimum Gasteiger partial charge on any atom is -0.395 e. The Balaban J connectivity index is 1.99. The molecule has 106 valence electrons. The Labute approximate surface area is 107 Å². The molecule has 1 amide bonds. The molecule has 2 rings (SSSR count). The maximum atomic E-state index is 12.4. The zero-order valence-corrected chi connectivity index (χ0v) is 10.1. The lowest BCUT2D eigenvalue weighted by molar-refractivity contribution is -0.142. The van der Waals surface area contributed by atoms with Gasteiger partial charge in [0.25, 0.3) is 0 Å². The smallest absolute Gasteiger partial charge is 0.395 e. The standard InChI is InChI=1S/C11H14F3N3O2/c12-11(13,14)9-3-4-16(15-9)7-10(19)17(5-6-18)8-1-2-8/h3-4,8,18H,1-2,5-7H2. The molecule has 1 heterocycles. The fraction of sp³-hybridized carbons (Fsp3) is 0.636. The average Bonchev–Trinajstić information content (AvgIpc) is 3.03. The highest BCUT2D eigenvalue weighted by Crippen LogP contribution is 2.28. The predicted octanol–water partition coefficient (Wildman–Crippen LogP) is 0.885. The van der Waals surface area contributed by atoms with Gasteiger partial charge in [-0.3, -0.25) is 9.48 Å². The van der Waals surface area contributed by atoms with E-state index in [1.54, 1.807) is 0 Å². The highest BCUT2D eigenvalue weighted by atomic mass is 19.4. The van der Waals surface area contributed by atoms with Crippen molar-refractivity contribution in [3.63, 3.8) is 0 Å². The highest BCUT2D eigenvalue weighted by Gasteiger charge is 2.35. The number of amides is 1. The molecule has 1 aromatic heterocycles. The van der Waals surface area contributed by atoms with E-state index in [4.69, 9.17) is 5.11 Å². The van der Waals surface area contributed by atoms with Crippen molar-refractivity contribution in [1.82, 2.24) is 14.7 Å². The van der Waals surface area contributed by atoms with Crippen molar-refractivity contribution in [1.29, 1.82) is 0 Å². The number of aromatic nitrogens is 2. The van der Waals surface area contributed by atoms with Crippen LogP contribution >= 0.6 is 0 Å². The van der Waals surface area contributed by atoms with E-state index in [1.165, 1.54) is 4.90 Å². The lowest BCUT2D eigenvalue weighted by Gasteiger charge is -2.21. The lowest BCUT2D eigenvalue weighted by atomic mass is 10.4. The van der Waals surface area contributed by atoms with Gasteiger partial charge in [-0.1, -0.05) is 0 Å². The first kappa shape index (κ1) is 13.9. The van der Waals surface area contributed by atoms with Crippen LogP contribution < -0.4 is 0 Å². The maximum Gasteiger partial charge on any atom is 0.435 e. The third-order valence-corrected chi connectivity index (χ3v) is 2.88. The summed E-state index contributed by atoms with van der Waals surface area (Å²) in [6.45, 7) is -0.196.